The standard InChI is InChI=1S/C9H6N2O3S/c12-5-10-9-4-6-3-7(11(13)14)1-2-8(6)15-9/h1-5H,(H,10,12). The van der Waals surface area contributed by atoms with E-state index in [4.69, 9.17) is 0 Å². The van der Waals surface area contributed by atoms with Crippen molar-refractivity contribution < 1.29 is 9.72 Å². The number of carbonyl (C=O) groups excluding carboxylic acids is 1. The molecular formula is C9H6N2O3S. The van der Waals surface area contributed by atoms with E-state index in [-0.39, 0.29) is 5.69 Å². The van der Waals surface area contributed by atoms with E-state index in [0.717, 1.165) is 10.1 Å². The molecule has 15 heavy (non-hydrogen) atoms. The SMILES string of the molecule is O=CNc1cc2cc([N+](=O)[O-])ccc2s1. The van der Waals surface area contributed by atoms with Gasteiger partial charge in [-0.25, -0.2) is 0 Å². The van der Waals surface area contributed by atoms with Gasteiger partial charge in [-0.15, -0.1) is 11.3 Å². The van der Waals surface area contributed by atoms with Gasteiger partial charge in [0.1, 0.15) is 0 Å². The van der Waals surface area contributed by atoms with Crippen LogP contribution in [-0.4, -0.2) is 11.3 Å². The average Bonchev–Trinajstić information content (AvgIpc) is 2.59. The van der Waals surface area contributed by atoms with Crippen molar-refractivity contribution in [2.45, 2.75) is 0 Å². The van der Waals surface area contributed by atoms with Crippen LogP contribution in [0.4, 0.5) is 10.7 Å². The Morgan fingerprint density at radius 3 is 2.87 bits per heavy atom. The number of benzene rings is 1. The number of non-ortho nitro benzene ring substituents is 1. The summed E-state index contributed by atoms with van der Waals surface area (Å²) in [4.78, 5) is 20.3. The number of hydrogen-bond donors (Lipinski definition) is 1. The van der Waals surface area contributed by atoms with Gasteiger partial charge in [0.25, 0.3) is 5.69 Å². The first-order valence-corrected chi connectivity index (χ1v) is 4.90. The van der Waals surface area contributed by atoms with Crippen LogP contribution in [-0.2, 0) is 4.79 Å². The Balaban J connectivity index is 2.51. The number of hydrogen-bond acceptors (Lipinski definition) is 4. The van der Waals surface area contributed by atoms with Crippen molar-refractivity contribution in [2.24, 2.45) is 0 Å². The van der Waals surface area contributed by atoms with Crippen LogP contribution in [0.5, 0.6) is 0 Å². The van der Waals surface area contributed by atoms with Gasteiger partial charge in [0.15, 0.2) is 0 Å². The first-order chi connectivity index (χ1) is 7.20. The van der Waals surface area contributed by atoms with E-state index < -0.39 is 4.92 Å². The fourth-order valence-electron chi connectivity index (χ4n) is 1.27. The maximum atomic E-state index is 10.5. The van der Waals surface area contributed by atoms with Gasteiger partial charge in [0, 0.05) is 22.2 Å². The van der Waals surface area contributed by atoms with Crippen LogP contribution in [0, 0.1) is 10.1 Å². The molecule has 0 unspecified atom stereocenters. The van der Waals surface area contributed by atoms with E-state index >= 15 is 0 Å². The third-order valence-electron chi connectivity index (χ3n) is 1.91. The number of nitro benzene ring substituents is 1. The molecule has 1 aromatic carbocycles. The number of anilines is 1. The van der Waals surface area contributed by atoms with Crippen molar-refractivity contribution in [3.05, 3.63) is 34.4 Å². The zero-order chi connectivity index (χ0) is 10.8. The molecule has 1 heterocycles. The minimum atomic E-state index is -0.441. The second kappa shape index (κ2) is 3.66. The quantitative estimate of drug-likeness (QED) is 0.492. The van der Waals surface area contributed by atoms with E-state index in [2.05, 4.69) is 5.32 Å². The molecule has 5 nitrogen and oxygen atoms in total. The molecular weight excluding hydrogens is 216 g/mol. The molecule has 0 radical (unpaired) electrons. The van der Waals surface area contributed by atoms with Crippen molar-refractivity contribution >= 4 is 38.5 Å². The molecule has 0 aliphatic rings. The van der Waals surface area contributed by atoms with E-state index in [0.29, 0.717) is 11.4 Å². The van der Waals surface area contributed by atoms with Crippen molar-refractivity contribution in [1.82, 2.24) is 0 Å². The molecule has 0 fully saturated rings. The third kappa shape index (κ3) is 1.79. The Kier molecular flexibility index (Phi) is 2.34. The fraction of sp³-hybridized carbons (Fsp3) is 0. The number of carbonyl (C=O) groups is 1. The highest BCUT2D eigenvalue weighted by atomic mass is 32.1. The zero-order valence-corrected chi connectivity index (χ0v) is 8.28. The van der Waals surface area contributed by atoms with Crippen LogP contribution in [0.25, 0.3) is 10.1 Å². The van der Waals surface area contributed by atoms with Crippen LogP contribution < -0.4 is 5.32 Å². The highest BCUT2D eigenvalue weighted by Gasteiger charge is 2.08. The van der Waals surface area contributed by atoms with Gasteiger partial charge in [0.05, 0.1) is 9.92 Å². The molecule has 2 rings (SSSR count). The number of nitrogens with one attached hydrogen (secondary N) is 1. The normalized spacial score (nSPS) is 10.1. The van der Waals surface area contributed by atoms with Crippen LogP contribution in [0.1, 0.15) is 0 Å². The summed E-state index contributed by atoms with van der Waals surface area (Å²) in [7, 11) is 0. The number of nitrogens with zero attached hydrogens (tertiary/aromatic N) is 1. The van der Waals surface area contributed by atoms with Crippen molar-refractivity contribution in [2.75, 3.05) is 5.32 Å². The number of fused-ring (bicyclic) bond motifs is 1. The molecule has 0 aliphatic carbocycles. The van der Waals surface area contributed by atoms with Crippen LogP contribution in [0.15, 0.2) is 24.3 Å². The van der Waals surface area contributed by atoms with Gasteiger partial charge in [-0.2, -0.15) is 0 Å². The summed E-state index contributed by atoms with van der Waals surface area (Å²) >= 11 is 1.38. The summed E-state index contributed by atoms with van der Waals surface area (Å²) in [5, 5.41) is 14.5. The Hall–Kier alpha value is -1.95. The lowest BCUT2D eigenvalue weighted by molar-refractivity contribution is -0.384. The molecule has 0 saturated heterocycles. The third-order valence-corrected chi connectivity index (χ3v) is 2.96. The van der Waals surface area contributed by atoms with Gasteiger partial charge in [-0.3, -0.25) is 14.9 Å². The largest absolute Gasteiger partial charge is 0.320 e. The number of thiophene rings is 1. The van der Waals surface area contributed by atoms with Gasteiger partial charge in [-0.05, 0) is 12.1 Å². The van der Waals surface area contributed by atoms with Crippen molar-refractivity contribution in [1.29, 1.82) is 0 Å². The van der Waals surface area contributed by atoms with Crippen LogP contribution in [0.2, 0.25) is 0 Å². The monoisotopic (exact) mass is 222 g/mol. The summed E-state index contributed by atoms with van der Waals surface area (Å²) in [5.74, 6) is 0. The van der Waals surface area contributed by atoms with Crippen molar-refractivity contribution in [3.63, 3.8) is 0 Å². The number of amides is 1. The number of nitro groups is 1. The lowest BCUT2D eigenvalue weighted by Crippen LogP contribution is -1.88. The van der Waals surface area contributed by atoms with E-state index in [9.17, 15) is 14.9 Å². The Labute approximate surface area is 88.5 Å². The van der Waals surface area contributed by atoms with E-state index in [1.54, 1.807) is 12.1 Å². The minimum absolute atomic E-state index is 0.0537. The first kappa shape index (κ1) is 9.60. The predicted molar refractivity (Wildman–Crippen MR) is 58.2 cm³/mol. The molecule has 2 aromatic rings. The first-order valence-electron chi connectivity index (χ1n) is 4.09. The highest BCUT2D eigenvalue weighted by Crippen LogP contribution is 2.31. The molecule has 76 valence electrons. The second-order valence-corrected chi connectivity index (χ2v) is 3.94. The highest BCUT2D eigenvalue weighted by molar-refractivity contribution is 7.22. The van der Waals surface area contributed by atoms with Crippen LogP contribution in [0.3, 0.4) is 0 Å². The molecule has 6 heteroatoms. The molecule has 0 bridgehead atoms. The van der Waals surface area contributed by atoms with Crippen molar-refractivity contribution in [3.8, 4) is 0 Å². The Morgan fingerprint density at radius 1 is 1.40 bits per heavy atom. The minimum Gasteiger partial charge on any atom is -0.320 e. The van der Waals surface area contributed by atoms with E-state index in [1.807, 2.05) is 0 Å². The fourth-order valence-corrected chi connectivity index (χ4v) is 2.18. The summed E-state index contributed by atoms with van der Waals surface area (Å²) in [5.41, 5.74) is 0.0537. The molecule has 0 saturated carbocycles. The van der Waals surface area contributed by atoms with Gasteiger partial charge in [-0.1, -0.05) is 0 Å². The Morgan fingerprint density at radius 2 is 2.20 bits per heavy atom. The maximum Gasteiger partial charge on any atom is 0.270 e. The molecule has 1 aromatic heterocycles. The predicted octanol–water partition coefficient (Wildman–Crippen LogP) is 2.38. The van der Waals surface area contributed by atoms with Gasteiger partial charge < -0.3 is 5.32 Å². The molecule has 1 N–H and O–H groups in total. The summed E-state index contributed by atoms with van der Waals surface area (Å²) in [6.45, 7) is 0. The van der Waals surface area contributed by atoms with E-state index in [1.165, 1.54) is 23.5 Å². The lowest BCUT2D eigenvalue weighted by Gasteiger charge is -1.89. The summed E-state index contributed by atoms with van der Waals surface area (Å²) in [6, 6.07) is 6.32. The molecule has 0 spiro atoms. The maximum absolute atomic E-state index is 10.5. The van der Waals surface area contributed by atoms with Gasteiger partial charge >= 0.3 is 0 Å². The topological polar surface area (TPSA) is 72.2 Å². The average molecular weight is 222 g/mol. The molecule has 0 atom stereocenters. The smallest absolute Gasteiger partial charge is 0.270 e. The molecule has 0 aliphatic heterocycles. The summed E-state index contributed by atoms with van der Waals surface area (Å²) < 4.78 is 0.907. The second-order valence-electron chi connectivity index (χ2n) is 2.85. The summed E-state index contributed by atoms with van der Waals surface area (Å²) in [6.07, 6.45) is 0.582. The van der Waals surface area contributed by atoms with Crippen LogP contribution >= 0.6 is 11.3 Å². The zero-order valence-electron chi connectivity index (χ0n) is 7.47. The lowest BCUT2D eigenvalue weighted by atomic mass is 10.2. The Bertz CT molecular complexity index is 535. The number of rotatable bonds is 3. The van der Waals surface area contributed by atoms with Gasteiger partial charge in [0.2, 0.25) is 6.41 Å². The molecule has 1 amide bonds.